The molecule has 7 nitrogen and oxygen atoms in total. The van der Waals surface area contributed by atoms with Crippen LogP contribution in [-0.2, 0) is 4.79 Å². The third-order valence-electron chi connectivity index (χ3n) is 3.54. The molecule has 1 aliphatic rings. The molecule has 1 saturated heterocycles. The number of nitrogens with zero attached hydrogens (tertiary/aromatic N) is 3. The molecule has 2 heterocycles. The van der Waals surface area contributed by atoms with E-state index in [1.54, 1.807) is 13.2 Å². The lowest BCUT2D eigenvalue weighted by Crippen LogP contribution is -2.41. The van der Waals surface area contributed by atoms with Crippen LogP contribution in [0.4, 0.5) is 5.95 Å². The molecule has 0 amide bonds. The van der Waals surface area contributed by atoms with Gasteiger partial charge in [-0.3, -0.25) is 4.79 Å². The summed E-state index contributed by atoms with van der Waals surface area (Å²) in [5, 5.41) is 11.6. The summed E-state index contributed by atoms with van der Waals surface area (Å²) in [6.07, 6.45) is 2.14. The predicted molar refractivity (Wildman–Crippen MR) is 78.8 cm³/mol. The molecule has 0 spiro atoms. The zero-order valence-corrected chi connectivity index (χ0v) is 12.5. The first kappa shape index (κ1) is 15.5. The van der Waals surface area contributed by atoms with Crippen molar-refractivity contribution in [2.24, 2.45) is 5.92 Å². The van der Waals surface area contributed by atoms with Crippen molar-refractivity contribution in [3.05, 3.63) is 11.8 Å². The summed E-state index contributed by atoms with van der Waals surface area (Å²) >= 11 is 0. The highest BCUT2D eigenvalue weighted by Crippen LogP contribution is 2.22. The molecule has 0 radical (unpaired) electrons. The Morgan fingerprint density at radius 2 is 2.38 bits per heavy atom. The van der Waals surface area contributed by atoms with E-state index in [0.29, 0.717) is 24.3 Å². The summed E-state index contributed by atoms with van der Waals surface area (Å²) in [6, 6.07) is 1.80. The molecule has 1 aromatic heterocycles. The second-order valence-corrected chi connectivity index (χ2v) is 5.33. The zero-order valence-electron chi connectivity index (χ0n) is 12.5. The van der Waals surface area contributed by atoms with Crippen molar-refractivity contribution in [1.29, 1.82) is 0 Å². The molecule has 1 atom stereocenters. The van der Waals surface area contributed by atoms with E-state index in [4.69, 9.17) is 9.84 Å². The number of hydrogen-bond donors (Lipinski definition) is 2. The molecule has 1 aromatic rings. The lowest BCUT2D eigenvalue weighted by molar-refractivity contribution is -0.136. The number of ether oxygens (including phenoxy) is 1. The van der Waals surface area contributed by atoms with Crippen LogP contribution in [0.3, 0.4) is 0 Å². The fourth-order valence-corrected chi connectivity index (χ4v) is 2.57. The molecule has 1 aliphatic heterocycles. The summed E-state index contributed by atoms with van der Waals surface area (Å²) in [6.45, 7) is 4.38. The number of rotatable bonds is 6. The van der Waals surface area contributed by atoms with E-state index in [1.807, 2.05) is 6.92 Å². The molecule has 0 aliphatic carbocycles. The number of nitrogens with one attached hydrogen (secondary N) is 1. The highest BCUT2D eigenvalue weighted by Gasteiger charge is 2.22. The number of hydrogen-bond acceptors (Lipinski definition) is 6. The van der Waals surface area contributed by atoms with Gasteiger partial charge in [0.15, 0.2) is 0 Å². The molecule has 0 aromatic carbocycles. The number of aryl methyl sites for hydroxylation is 1. The average molecular weight is 294 g/mol. The molecule has 1 fully saturated rings. The Morgan fingerprint density at radius 1 is 1.57 bits per heavy atom. The molecule has 7 heteroatoms. The van der Waals surface area contributed by atoms with Gasteiger partial charge in [0.25, 0.3) is 0 Å². The fraction of sp³-hybridized carbons (Fsp3) is 0.643. The smallest absolute Gasteiger partial charge is 0.317 e. The van der Waals surface area contributed by atoms with Crippen LogP contribution in [0.25, 0.3) is 0 Å². The highest BCUT2D eigenvalue weighted by atomic mass is 16.5. The first-order valence-electron chi connectivity index (χ1n) is 7.15. The van der Waals surface area contributed by atoms with E-state index < -0.39 is 5.97 Å². The van der Waals surface area contributed by atoms with Gasteiger partial charge in [0.1, 0.15) is 0 Å². The first-order chi connectivity index (χ1) is 10.1. The van der Waals surface area contributed by atoms with Crippen LogP contribution < -0.4 is 15.0 Å². The SMILES string of the molecule is COc1cc(C)nc(N2CCCC(CNCC(=O)O)C2)n1. The maximum absolute atomic E-state index is 10.5. The van der Waals surface area contributed by atoms with Crippen LogP contribution in [0.5, 0.6) is 5.88 Å². The minimum atomic E-state index is -0.825. The van der Waals surface area contributed by atoms with Crippen molar-refractivity contribution in [3.8, 4) is 5.88 Å². The Labute approximate surface area is 124 Å². The van der Waals surface area contributed by atoms with Crippen LogP contribution in [0.15, 0.2) is 6.07 Å². The van der Waals surface area contributed by atoms with Crippen molar-refractivity contribution in [2.75, 3.05) is 38.2 Å². The predicted octanol–water partition coefficient (Wildman–Crippen LogP) is 0.684. The van der Waals surface area contributed by atoms with Gasteiger partial charge < -0.3 is 20.1 Å². The molecular formula is C14H22N4O3. The maximum Gasteiger partial charge on any atom is 0.317 e. The van der Waals surface area contributed by atoms with Gasteiger partial charge in [-0.2, -0.15) is 4.98 Å². The quantitative estimate of drug-likeness (QED) is 0.798. The van der Waals surface area contributed by atoms with E-state index >= 15 is 0 Å². The number of aromatic nitrogens is 2. The second kappa shape index (κ2) is 7.21. The monoisotopic (exact) mass is 294 g/mol. The van der Waals surface area contributed by atoms with Crippen LogP contribution >= 0.6 is 0 Å². The van der Waals surface area contributed by atoms with Crippen LogP contribution in [0, 0.1) is 12.8 Å². The van der Waals surface area contributed by atoms with Gasteiger partial charge in [0, 0.05) is 31.4 Å². The summed E-state index contributed by atoms with van der Waals surface area (Å²) < 4.78 is 5.19. The average Bonchev–Trinajstić information content (AvgIpc) is 2.46. The van der Waals surface area contributed by atoms with Gasteiger partial charge in [0.05, 0.1) is 13.7 Å². The van der Waals surface area contributed by atoms with Gasteiger partial charge in [-0.05, 0) is 25.7 Å². The molecule has 116 valence electrons. The Bertz CT molecular complexity index is 495. The van der Waals surface area contributed by atoms with E-state index in [0.717, 1.165) is 31.6 Å². The lowest BCUT2D eigenvalue weighted by atomic mass is 9.98. The Morgan fingerprint density at radius 3 is 3.10 bits per heavy atom. The van der Waals surface area contributed by atoms with Crippen LogP contribution in [-0.4, -0.2) is 54.3 Å². The standard InChI is InChI=1S/C14H22N4O3/c1-10-6-12(21-2)17-14(16-10)18-5-3-4-11(9-18)7-15-8-13(19)20/h6,11,15H,3-5,7-9H2,1-2H3,(H,19,20). The number of methoxy groups -OCH3 is 1. The second-order valence-electron chi connectivity index (χ2n) is 5.33. The number of aliphatic carboxylic acids is 1. The number of piperidine rings is 1. The van der Waals surface area contributed by atoms with E-state index in [9.17, 15) is 4.79 Å². The minimum Gasteiger partial charge on any atom is -0.481 e. The number of carboxylic acids is 1. The van der Waals surface area contributed by atoms with E-state index in [2.05, 4.69) is 20.2 Å². The Balaban J connectivity index is 1.97. The van der Waals surface area contributed by atoms with Gasteiger partial charge in [-0.1, -0.05) is 0 Å². The summed E-state index contributed by atoms with van der Waals surface area (Å²) in [4.78, 5) is 21.5. The molecule has 0 bridgehead atoms. The minimum absolute atomic E-state index is 0.00523. The lowest BCUT2D eigenvalue weighted by Gasteiger charge is -2.33. The number of anilines is 1. The topological polar surface area (TPSA) is 87.6 Å². The maximum atomic E-state index is 10.5. The van der Waals surface area contributed by atoms with Gasteiger partial charge in [-0.15, -0.1) is 0 Å². The van der Waals surface area contributed by atoms with Crippen LogP contribution in [0.1, 0.15) is 18.5 Å². The van der Waals surface area contributed by atoms with Crippen LogP contribution in [0.2, 0.25) is 0 Å². The number of carbonyl (C=O) groups is 1. The van der Waals surface area contributed by atoms with E-state index in [-0.39, 0.29) is 6.54 Å². The van der Waals surface area contributed by atoms with Crippen molar-refractivity contribution in [2.45, 2.75) is 19.8 Å². The normalized spacial score (nSPS) is 18.6. The van der Waals surface area contributed by atoms with Gasteiger partial charge >= 0.3 is 5.97 Å². The first-order valence-corrected chi connectivity index (χ1v) is 7.15. The largest absolute Gasteiger partial charge is 0.481 e. The van der Waals surface area contributed by atoms with Crippen molar-refractivity contribution < 1.29 is 14.6 Å². The number of carboxylic acid groups (broad SMARTS) is 1. The zero-order chi connectivity index (χ0) is 15.2. The summed E-state index contributed by atoms with van der Waals surface area (Å²) in [7, 11) is 1.60. The third kappa shape index (κ3) is 4.56. The molecule has 0 saturated carbocycles. The van der Waals surface area contributed by atoms with E-state index in [1.165, 1.54) is 0 Å². The molecular weight excluding hydrogens is 272 g/mol. The Kier molecular flexibility index (Phi) is 5.32. The molecule has 21 heavy (non-hydrogen) atoms. The van der Waals surface area contributed by atoms with Crippen molar-refractivity contribution in [3.63, 3.8) is 0 Å². The molecule has 2 N–H and O–H groups in total. The third-order valence-corrected chi connectivity index (χ3v) is 3.54. The molecule has 2 rings (SSSR count). The molecule has 1 unspecified atom stereocenters. The van der Waals surface area contributed by atoms with Crippen molar-refractivity contribution in [1.82, 2.24) is 15.3 Å². The highest BCUT2D eigenvalue weighted by molar-refractivity contribution is 5.68. The van der Waals surface area contributed by atoms with Crippen molar-refractivity contribution >= 4 is 11.9 Å². The fourth-order valence-electron chi connectivity index (χ4n) is 2.57. The van der Waals surface area contributed by atoms with Gasteiger partial charge in [0.2, 0.25) is 11.8 Å². The Hall–Kier alpha value is -1.89. The summed E-state index contributed by atoms with van der Waals surface area (Å²) in [5.41, 5.74) is 0.878. The summed E-state index contributed by atoms with van der Waals surface area (Å²) in [5.74, 6) is 0.848. The van der Waals surface area contributed by atoms with Gasteiger partial charge in [-0.25, -0.2) is 4.98 Å².